The topological polar surface area (TPSA) is 35.5 Å². The van der Waals surface area contributed by atoms with Crippen molar-refractivity contribution in [2.75, 3.05) is 20.1 Å². The van der Waals surface area contributed by atoms with Gasteiger partial charge < -0.3 is 10.4 Å². The Labute approximate surface area is 92.8 Å². The summed E-state index contributed by atoms with van der Waals surface area (Å²) < 4.78 is 0. The summed E-state index contributed by atoms with van der Waals surface area (Å²) in [7, 11) is 2.05. The number of hydrogen-bond donors (Lipinski definition) is 2. The SMILES string of the molecule is CNC1CCN(C2CCCCC2O)CC1. The lowest BCUT2D eigenvalue weighted by Gasteiger charge is -2.41. The summed E-state index contributed by atoms with van der Waals surface area (Å²) in [5, 5.41) is 13.3. The summed E-state index contributed by atoms with van der Waals surface area (Å²) in [5.74, 6) is 0. The van der Waals surface area contributed by atoms with Crippen molar-refractivity contribution in [3.05, 3.63) is 0 Å². The van der Waals surface area contributed by atoms with Crippen LogP contribution in [0.4, 0.5) is 0 Å². The van der Waals surface area contributed by atoms with Gasteiger partial charge in [-0.15, -0.1) is 0 Å². The molecule has 1 aliphatic carbocycles. The number of aliphatic hydroxyl groups excluding tert-OH is 1. The lowest BCUT2D eigenvalue weighted by molar-refractivity contribution is 0.00761. The third-order valence-electron chi connectivity index (χ3n) is 4.10. The zero-order valence-electron chi connectivity index (χ0n) is 9.78. The van der Waals surface area contributed by atoms with Gasteiger partial charge in [0.05, 0.1) is 6.10 Å². The van der Waals surface area contributed by atoms with E-state index in [2.05, 4.69) is 17.3 Å². The molecule has 0 aromatic carbocycles. The number of likely N-dealkylation sites (tertiary alicyclic amines) is 1. The third kappa shape index (κ3) is 2.71. The van der Waals surface area contributed by atoms with Gasteiger partial charge >= 0.3 is 0 Å². The Kier molecular flexibility index (Phi) is 4.00. The van der Waals surface area contributed by atoms with E-state index in [1.807, 2.05) is 0 Å². The smallest absolute Gasteiger partial charge is 0.0695 e. The van der Waals surface area contributed by atoms with Crippen LogP contribution in [0.15, 0.2) is 0 Å². The Bertz CT molecular complexity index is 190. The molecule has 0 bridgehead atoms. The van der Waals surface area contributed by atoms with Gasteiger partial charge in [0.25, 0.3) is 0 Å². The molecule has 0 amide bonds. The normalized spacial score (nSPS) is 35.6. The summed E-state index contributed by atoms with van der Waals surface area (Å²) in [6.07, 6.45) is 7.13. The van der Waals surface area contributed by atoms with E-state index in [0.717, 1.165) is 19.5 Å². The van der Waals surface area contributed by atoms with Gasteiger partial charge in [-0.1, -0.05) is 12.8 Å². The molecule has 1 saturated heterocycles. The van der Waals surface area contributed by atoms with Gasteiger partial charge in [0, 0.05) is 25.2 Å². The van der Waals surface area contributed by atoms with Gasteiger partial charge in [0.15, 0.2) is 0 Å². The summed E-state index contributed by atoms with van der Waals surface area (Å²) in [6, 6.07) is 1.15. The van der Waals surface area contributed by atoms with Crippen LogP contribution in [0.25, 0.3) is 0 Å². The molecule has 88 valence electrons. The van der Waals surface area contributed by atoms with Crippen molar-refractivity contribution in [2.24, 2.45) is 0 Å². The first kappa shape index (κ1) is 11.4. The van der Waals surface area contributed by atoms with E-state index >= 15 is 0 Å². The highest BCUT2D eigenvalue weighted by Gasteiger charge is 2.30. The van der Waals surface area contributed by atoms with Crippen LogP contribution in [0.5, 0.6) is 0 Å². The Balaban J connectivity index is 1.83. The number of rotatable bonds is 2. The monoisotopic (exact) mass is 212 g/mol. The Hall–Kier alpha value is -0.120. The zero-order valence-corrected chi connectivity index (χ0v) is 9.78. The second-order valence-corrected chi connectivity index (χ2v) is 5.02. The van der Waals surface area contributed by atoms with E-state index in [1.54, 1.807) is 0 Å². The lowest BCUT2D eigenvalue weighted by atomic mass is 9.89. The highest BCUT2D eigenvalue weighted by atomic mass is 16.3. The molecule has 0 aromatic rings. The molecule has 2 aliphatic rings. The van der Waals surface area contributed by atoms with Crippen LogP contribution in [-0.2, 0) is 0 Å². The number of nitrogens with zero attached hydrogens (tertiary/aromatic N) is 1. The fourth-order valence-corrected chi connectivity index (χ4v) is 3.04. The highest BCUT2D eigenvalue weighted by Crippen LogP contribution is 2.25. The van der Waals surface area contributed by atoms with Crippen molar-refractivity contribution < 1.29 is 5.11 Å². The minimum absolute atomic E-state index is 0.0649. The Morgan fingerprint density at radius 1 is 1.07 bits per heavy atom. The molecule has 1 heterocycles. The maximum Gasteiger partial charge on any atom is 0.0695 e. The number of aliphatic hydroxyl groups is 1. The van der Waals surface area contributed by atoms with Crippen LogP contribution < -0.4 is 5.32 Å². The molecule has 2 fully saturated rings. The Morgan fingerprint density at radius 2 is 1.73 bits per heavy atom. The van der Waals surface area contributed by atoms with E-state index in [1.165, 1.54) is 32.1 Å². The van der Waals surface area contributed by atoms with E-state index in [4.69, 9.17) is 0 Å². The summed E-state index contributed by atoms with van der Waals surface area (Å²) in [5.41, 5.74) is 0. The molecule has 3 heteroatoms. The minimum Gasteiger partial charge on any atom is -0.391 e. The Morgan fingerprint density at radius 3 is 2.33 bits per heavy atom. The zero-order chi connectivity index (χ0) is 10.7. The van der Waals surface area contributed by atoms with E-state index in [-0.39, 0.29) is 6.10 Å². The molecule has 0 spiro atoms. The third-order valence-corrected chi connectivity index (χ3v) is 4.10. The van der Waals surface area contributed by atoms with Crippen LogP contribution in [0.2, 0.25) is 0 Å². The van der Waals surface area contributed by atoms with E-state index < -0.39 is 0 Å². The van der Waals surface area contributed by atoms with Gasteiger partial charge in [-0.25, -0.2) is 0 Å². The number of nitrogens with one attached hydrogen (secondary N) is 1. The van der Waals surface area contributed by atoms with Crippen molar-refractivity contribution in [1.29, 1.82) is 0 Å². The van der Waals surface area contributed by atoms with Crippen molar-refractivity contribution in [1.82, 2.24) is 10.2 Å². The lowest BCUT2D eigenvalue weighted by Crippen LogP contribution is -2.51. The fraction of sp³-hybridized carbons (Fsp3) is 1.00. The molecule has 15 heavy (non-hydrogen) atoms. The first-order chi connectivity index (χ1) is 7.31. The molecule has 0 aromatic heterocycles. The summed E-state index contributed by atoms with van der Waals surface area (Å²) >= 11 is 0. The first-order valence-electron chi connectivity index (χ1n) is 6.40. The second-order valence-electron chi connectivity index (χ2n) is 5.02. The van der Waals surface area contributed by atoms with Crippen LogP contribution >= 0.6 is 0 Å². The maximum atomic E-state index is 9.99. The van der Waals surface area contributed by atoms with Crippen LogP contribution in [-0.4, -0.2) is 48.3 Å². The van der Waals surface area contributed by atoms with Crippen LogP contribution in [0.1, 0.15) is 38.5 Å². The average molecular weight is 212 g/mol. The molecule has 2 rings (SSSR count). The average Bonchev–Trinajstić information content (AvgIpc) is 2.30. The van der Waals surface area contributed by atoms with Crippen LogP contribution in [0, 0.1) is 0 Å². The van der Waals surface area contributed by atoms with Gasteiger partial charge in [-0.2, -0.15) is 0 Å². The van der Waals surface area contributed by atoms with E-state index in [0.29, 0.717) is 12.1 Å². The van der Waals surface area contributed by atoms with E-state index in [9.17, 15) is 5.11 Å². The second kappa shape index (κ2) is 5.28. The molecule has 0 radical (unpaired) electrons. The predicted molar refractivity (Wildman–Crippen MR) is 61.9 cm³/mol. The quantitative estimate of drug-likeness (QED) is 0.716. The molecule has 2 N–H and O–H groups in total. The van der Waals surface area contributed by atoms with Crippen LogP contribution in [0.3, 0.4) is 0 Å². The van der Waals surface area contributed by atoms with Crippen molar-refractivity contribution >= 4 is 0 Å². The van der Waals surface area contributed by atoms with Crippen molar-refractivity contribution in [2.45, 2.75) is 56.7 Å². The minimum atomic E-state index is -0.0649. The summed E-state index contributed by atoms with van der Waals surface area (Å²) in [6.45, 7) is 2.32. The molecule has 2 atom stereocenters. The van der Waals surface area contributed by atoms with Gasteiger partial charge in [-0.05, 0) is 32.7 Å². The molecule has 2 unspecified atom stereocenters. The predicted octanol–water partition coefficient (Wildman–Crippen LogP) is 0.974. The largest absolute Gasteiger partial charge is 0.391 e. The molecule has 1 saturated carbocycles. The van der Waals surface area contributed by atoms with Crippen molar-refractivity contribution in [3.8, 4) is 0 Å². The maximum absolute atomic E-state index is 9.99. The molecule has 3 nitrogen and oxygen atoms in total. The van der Waals surface area contributed by atoms with Gasteiger partial charge in [-0.3, -0.25) is 4.90 Å². The van der Waals surface area contributed by atoms with Crippen molar-refractivity contribution in [3.63, 3.8) is 0 Å². The molecular weight excluding hydrogens is 188 g/mol. The molecular formula is C12H24N2O. The number of piperidine rings is 1. The van der Waals surface area contributed by atoms with Gasteiger partial charge in [0.2, 0.25) is 0 Å². The highest BCUT2D eigenvalue weighted by molar-refractivity contribution is 4.87. The molecule has 1 aliphatic heterocycles. The standard InChI is InChI=1S/C12H24N2O/c1-13-10-6-8-14(9-7-10)11-4-2-3-5-12(11)15/h10-13,15H,2-9H2,1H3. The van der Waals surface area contributed by atoms with Gasteiger partial charge in [0.1, 0.15) is 0 Å². The first-order valence-corrected chi connectivity index (χ1v) is 6.40. The fourth-order valence-electron chi connectivity index (χ4n) is 3.04. The number of hydrogen-bond acceptors (Lipinski definition) is 3. The summed E-state index contributed by atoms with van der Waals surface area (Å²) in [4.78, 5) is 2.51.